The van der Waals surface area contributed by atoms with E-state index in [1.807, 2.05) is 11.3 Å². The maximum Gasteiger partial charge on any atom is 0.00579 e. The largest absolute Gasteiger partial charge is 0.317 e. The topological polar surface area (TPSA) is 15.3 Å². The van der Waals surface area contributed by atoms with Gasteiger partial charge in [-0.1, -0.05) is 13.0 Å². The van der Waals surface area contributed by atoms with Gasteiger partial charge in [-0.3, -0.25) is 0 Å². The number of halogens is 1. The van der Waals surface area contributed by atoms with Crippen LogP contribution in [-0.4, -0.2) is 37.6 Å². The molecule has 0 atom stereocenters. The highest BCUT2D eigenvalue weighted by Crippen LogP contribution is 2.15. The molecule has 0 aliphatic carbocycles. The van der Waals surface area contributed by atoms with Gasteiger partial charge in [-0.2, -0.15) is 0 Å². The minimum absolute atomic E-state index is 0. The van der Waals surface area contributed by atoms with Gasteiger partial charge in [0.15, 0.2) is 0 Å². The summed E-state index contributed by atoms with van der Waals surface area (Å²) in [5.74, 6) is 0.918. The summed E-state index contributed by atoms with van der Waals surface area (Å²) in [5, 5.41) is 5.64. The Hall–Kier alpha value is -0.0900. The molecule has 1 aromatic heterocycles. The SMILES string of the molecule is CCCN(CCc1cccs1)CC1CCNCC1.Cl. The zero-order valence-electron chi connectivity index (χ0n) is 11.9. The van der Waals surface area contributed by atoms with Gasteiger partial charge in [0.25, 0.3) is 0 Å². The number of nitrogens with zero attached hydrogens (tertiary/aromatic N) is 1. The van der Waals surface area contributed by atoms with Crippen LogP contribution in [0, 0.1) is 5.92 Å². The Morgan fingerprint density at radius 3 is 2.74 bits per heavy atom. The highest BCUT2D eigenvalue weighted by molar-refractivity contribution is 7.09. The first-order valence-corrected chi connectivity index (χ1v) is 8.22. The zero-order valence-corrected chi connectivity index (χ0v) is 13.6. The molecule has 1 aromatic rings. The van der Waals surface area contributed by atoms with Crippen LogP contribution in [0.15, 0.2) is 17.5 Å². The molecule has 110 valence electrons. The monoisotopic (exact) mass is 302 g/mol. The van der Waals surface area contributed by atoms with Crippen LogP contribution in [0.3, 0.4) is 0 Å². The van der Waals surface area contributed by atoms with Gasteiger partial charge in [-0.05, 0) is 62.7 Å². The van der Waals surface area contributed by atoms with Gasteiger partial charge in [0, 0.05) is 18.0 Å². The van der Waals surface area contributed by atoms with Crippen LogP contribution in [0.25, 0.3) is 0 Å². The molecular formula is C15H27ClN2S. The molecular weight excluding hydrogens is 276 g/mol. The molecule has 0 unspecified atom stereocenters. The molecule has 1 fully saturated rings. The summed E-state index contributed by atoms with van der Waals surface area (Å²) >= 11 is 1.89. The van der Waals surface area contributed by atoms with E-state index in [-0.39, 0.29) is 12.4 Å². The van der Waals surface area contributed by atoms with Crippen LogP contribution in [0.4, 0.5) is 0 Å². The van der Waals surface area contributed by atoms with Gasteiger partial charge in [-0.25, -0.2) is 0 Å². The number of nitrogens with one attached hydrogen (secondary N) is 1. The number of thiophene rings is 1. The Bertz CT molecular complexity index is 310. The van der Waals surface area contributed by atoms with Crippen molar-refractivity contribution in [1.29, 1.82) is 0 Å². The standard InChI is InChI=1S/C15H26N2S.ClH/c1-2-10-17(11-7-15-4-3-12-18-15)13-14-5-8-16-9-6-14;/h3-4,12,14,16H,2,5-11,13H2,1H3;1H. The molecule has 0 aromatic carbocycles. The van der Waals surface area contributed by atoms with Crippen molar-refractivity contribution in [2.45, 2.75) is 32.6 Å². The van der Waals surface area contributed by atoms with Gasteiger partial charge in [0.05, 0.1) is 0 Å². The van der Waals surface area contributed by atoms with Gasteiger partial charge >= 0.3 is 0 Å². The van der Waals surface area contributed by atoms with Crippen LogP contribution < -0.4 is 5.32 Å². The van der Waals surface area contributed by atoms with Crippen molar-refractivity contribution in [2.75, 3.05) is 32.7 Å². The zero-order chi connectivity index (χ0) is 12.6. The first-order chi connectivity index (χ1) is 8.88. The molecule has 0 bridgehead atoms. The molecule has 1 aliphatic rings. The van der Waals surface area contributed by atoms with E-state index >= 15 is 0 Å². The van der Waals surface area contributed by atoms with Crippen molar-refractivity contribution >= 4 is 23.7 Å². The average molecular weight is 303 g/mol. The molecule has 1 saturated heterocycles. The molecule has 2 nitrogen and oxygen atoms in total. The third-order valence-electron chi connectivity index (χ3n) is 3.77. The van der Waals surface area contributed by atoms with E-state index < -0.39 is 0 Å². The van der Waals surface area contributed by atoms with Gasteiger partial charge in [-0.15, -0.1) is 23.7 Å². The smallest absolute Gasteiger partial charge is 0.00579 e. The molecule has 1 aliphatic heterocycles. The highest BCUT2D eigenvalue weighted by Gasteiger charge is 2.16. The van der Waals surface area contributed by atoms with Crippen molar-refractivity contribution in [3.05, 3.63) is 22.4 Å². The molecule has 19 heavy (non-hydrogen) atoms. The Kier molecular flexibility index (Phi) is 8.71. The molecule has 2 rings (SSSR count). The van der Waals surface area contributed by atoms with Crippen LogP contribution >= 0.6 is 23.7 Å². The lowest BCUT2D eigenvalue weighted by atomic mass is 9.97. The highest BCUT2D eigenvalue weighted by atomic mass is 35.5. The first kappa shape index (κ1) is 17.0. The summed E-state index contributed by atoms with van der Waals surface area (Å²) in [6, 6.07) is 4.43. The molecule has 0 spiro atoms. The summed E-state index contributed by atoms with van der Waals surface area (Å²) in [4.78, 5) is 4.21. The van der Waals surface area contributed by atoms with Crippen LogP contribution in [0.2, 0.25) is 0 Å². The average Bonchev–Trinajstić information content (AvgIpc) is 2.91. The molecule has 0 amide bonds. The second kappa shape index (κ2) is 9.76. The van der Waals surface area contributed by atoms with Crippen LogP contribution in [0.1, 0.15) is 31.1 Å². The van der Waals surface area contributed by atoms with Gasteiger partial charge in [0.1, 0.15) is 0 Å². The maximum atomic E-state index is 3.46. The number of rotatable bonds is 7. The Labute approximate surface area is 128 Å². The molecule has 4 heteroatoms. The van der Waals surface area contributed by atoms with E-state index in [1.54, 1.807) is 0 Å². The van der Waals surface area contributed by atoms with Crippen molar-refractivity contribution in [1.82, 2.24) is 10.2 Å². The Morgan fingerprint density at radius 1 is 1.32 bits per heavy atom. The van der Waals surface area contributed by atoms with E-state index in [9.17, 15) is 0 Å². The first-order valence-electron chi connectivity index (χ1n) is 7.34. The fourth-order valence-electron chi connectivity index (χ4n) is 2.76. The summed E-state index contributed by atoms with van der Waals surface area (Å²) < 4.78 is 0. The van der Waals surface area contributed by atoms with Crippen LogP contribution in [0.5, 0.6) is 0 Å². The fourth-order valence-corrected chi connectivity index (χ4v) is 3.46. The van der Waals surface area contributed by atoms with E-state index in [0.29, 0.717) is 0 Å². The Balaban J connectivity index is 0.00000180. The minimum atomic E-state index is 0. The van der Waals surface area contributed by atoms with Crippen molar-refractivity contribution in [3.63, 3.8) is 0 Å². The van der Waals surface area contributed by atoms with Gasteiger partial charge in [0.2, 0.25) is 0 Å². The molecule has 1 N–H and O–H groups in total. The van der Waals surface area contributed by atoms with E-state index in [1.165, 1.54) is 63.3 Å². The lowest BCUT2D eigenvalue weighted by Crippen LogP contribution is -2.37. The fraction of sp³-hybridized carbons (Fsp3) is 0.733. The lowest BCUT2D eigenvalue weighted by Gasteiger charge is -2.29. The minimum Gasteiger partial charge on any atom is -0.317 e. The van der Waals surface area contributed by atoms with E-state index in [2.05, 4.69) is 34.7 Å². The molecule has 0 radical (unpaired) electrons. The van der Waals surface area contributed by atoms with E-state index in [4.69, 9.17) is 0 Å². The van der Waals surface area contributed by atoms with Crippen molar-refractivity contribution < 1.29 is 0 Å². The number of hydrogen-bond donors (Lipinski definition) is 1. The summed E-state index contributed by atoms with van der Waals surface area (Å²) in [6.45, 7) is 8.53. The summed E-state index contributed by atoms with van der Waals surface area (Å²) in [5.41, 5.74) is 0. The second-order valence-corrected chi connectivity index (χ2v) is 6.36. The quantitative estimate of drug-likeness (QED) is 0.830. The second-order valence-electron chi connectivity index (χ2n) is 5.32. The van der Waals surface area contributed by atoms with Crippen molar-refractivity contribution in [3.8, 4) is 0 Å². The van der Waals surface area contributed by atoms with Gasteiger partial charge < -0.3 is 10.2 Å². The van der Waals surface area contributed by atoms with Crippen molar-refractivity contribution in [2.24, 2.45) is 5.92 Å². The summed E-state index contributed by atoms with van der Waals surface area (Å²) in [7, 11) is 0. The molecule has 0 saturated carbocycles. The maximum absolute atomic E-state index is 3.46. The predicted molar refractivity (Wildman–Crippen MR) is 87.6 cm³/mol. The van der Waals surface area contributed by atoms with E-state index in [0.717, 1.165) is 5.92 Å². The normalized spacial score (nSPS) is 16.5. The third kappa shape index (κ3) is 6.26. The third-order valence-corrected chi connectivity index (χ3v) is 4.71. The molecule has 2 heterocycles. The summed E-state index contributed by atoms with van der Waals surface area (Å²) in [6.07, 6.45) is 5.22. The number of piperidine rings is 1. The Morgan fingerprint density at radius 2 is 2.11 bits per heavy atom. The predicted octanol–water partition coefficient (Wildman–Crippen LogP) is 3.42. The number of hydrogen-bond acceptors (Lipinski definition) is 3. The lowest BCUT2D eigenvalue weighted by molar-refractivity contribution is 0.208. The van der Waals surface area contributed by atoms with Crippen LogP contribution in [-0.2, 0) is 6.42 Å².